The Bertz CT molecular complexity index is 932. The van der Waals surface area contributed by atoms with Crippen molar-refractivity contribution in [3.8, 4) is 0 Å². The first-order chi connectivity index (χ1) is 14.0. The highest BCUT2D eigenvalue weighted by atomic mass is 32.2. The Morgan fingerprint density at radius 2 is 1.71 bits per heavy atom. The SMILES string of the molecule is CCOC(=O)C(C)(C)[C@@]1(O)C[C@@H](C(=O)OC(C)(C)C)N(S(=O)(=O)c2ccc(C)cc2)C1. The number of aryl methyl sites for hydroxylation is 1. The van der Waals surface area contributed by atoms with Crippen molar-refractivity contribution in [1.29, 1.82) is 0 Å². The number of carbonyl (C=O) groups excluding carboxylic acids is 2. The summed E-state index contributed by atoms with van der Waals surface area (Å²) in [6.45, 7) is 11.1. The van der Waals surface area contributed by atoms with Crippen LogP contribution < -0.4 is 0 Å². The van der Waals surface area contributed by atoms with Crippen molar-refractivity contribution in [2.24, 2.45) is 5.41 Å². The highest BCUT2D eigenvalue weighted by Gasteiger charge is 2.60. The minimum absolute atomic E-state index is 0.00940. The van der Waals surface area contributed by atoms with Crippen LogP contribution in [0.4, 0.5) is 0 Å². The zero-order valence-electron chi connectivity index (χ0n) is 19.3. The van der Waals surface area contributed by atoms with Crippen LogP contribution in [-0.4, -0.2) is 60.2 Å². The number of ether oxygens (including phenoxy) is 2. The molecule has 9 heteroatoms. The zero-order chi connectivity index (χ0) is 23.8. The molecule has 8 nitrogen and oxygen atoms in total. The molecule has 1 saturated heterocycles. The maximum atomic E-state index is 13.4. The average Bonchev–Trinajstić information content (AvgIpc) is 3.01. The third-order valence-corrected chi connectivity index (χ3v) is 7.42. The van der Waals surface area contributed by atoms with E-state index in [2.05, 4.69) is 0 Å². The monoisotopic (exact) mass is 455 g/mol. The van der Waals surface area contributed by atoms with E-state index < -0.39 is 51.2 Å². The number of benzene rings is 1. The predicted molar refractivity (Wildman–Crippen MR) is 115 cm³/mol. The van der Waals surface area contributed by atoms with E-state index >= 15 is 0 Å². The second-order valence-corrected chi connectivity index (χ2v) is 11.4. The highest BCUT2D eigenvalue weighted by molar-refractivity contribution is 7.89. The van der Waals surface area contributed by atoms with Crippen LogP contribution in [0.5, 0.6) is 0 Å². The van der Waals surface area contributed by atoms with E-state index in [0.29, 0.717) is 0 Å². The molecule has 0 saturated carbocycles. The molecule has 0 bridgehead atoms. The first-order valence-corrected chi connectivity index (χ1v) is 11.7. The van der Waals surface area contributed by atoms with Crippen LogP contribution in [0.1, 0.15) is 53.5 Å². The fourth-order valence-corrected chi connectivity index (χ4v) is 5.11. The third-order valence-electron chi connectivity index (χ3n) is 5.55. The van der Waals surface area contributed by atoms with Crippen molar-refractivity contribution in [3.63, 3.8) is 0 Å². The smallest absolute Gasteiger partial charge is 0.325 e. The van der Waals surface area contributed by atoms with Gasteiger partial charge in [0.25, 0.3) is 0 Å². The van der Waals surface area contributed by atoms with Gasteiger partial charge >= 0.3 is 11.9 Å². The lowest BCUT2D eigenvalue weighted by molar-refractivity contribution is -0.170. The Hall–Kier alpha value is -1.97. The fraction of sp³-hybridized carbons (Fsp3) is 0.636. The molecule has 1 fully saturated rings. The molecule has 0 aliphatic carbocycles. The summed E-state index contributed by atoms with van der Waals surface area (Å²) in [6, 6.07) is 4.92. The van der Waals surface area contributed by atoms with Gasteiger partial charge in [-0.25, -0.2) is 8.42 Å². The second-order valence-electron chi connectivity index (χ2n) is 9.49. The molecule has 31 heavy (non-hydrogen) atoms. The first kappa shape index (κ1) is 25.3. The van der Waals surface area contributed by atoms with Gasteiger partial charge < -0.3 is 14.6 Å². The van der Waals surface area contributed by atoms with Crippen LogP contribution in [0.2, 0.25) is 0 Å². The Balaban J connectivity index is 2.53. The standard InChI is InChI=1S/C22H33NO7S/c1-8-29-19(25)21(6,7)22(26)13-17(18(24)30-20(3,4)5)23(14-22)31(27,28)16-11-9-15(2)10-12-16/h9-12,17,26H,8,13-14H2,1-7H3/t17-,22+/m0/s1. The van der Waals surface area contributed by atoms with Crippen molar-refractivity contribution >= 4 is 22.0 Å². The number of carbonyl (C=O) groups is 2. The summed E-state index contributed by atoms with van der Waals surface area (Å²) < 4.78 is 38.3. The van der Waals surface area contributed by atoms with Gasteiger partial charge in [0, 0.05) is 13.0 Å². The molecule has 1 aromatic rings. The molecule has 1 N–H and O–H groups in total. The quantitative estimate of drug-likeness (QED) is 0.656. The van der Waals surface area contributed by atoms with E-state index in [0.717, 1.165) is 9.87 Å². The van der Waals surface area contributed by atoms with E-state index in [9.17, 15) is 23.1 Å². The van der Waals surface area contributed by atoms with E-state index in [4.69, 9.17) is 9.47 Å². The van der Waals surface area contributed by atoms with E-state index in [1.165, 1.54) is 26.0 Å². The second kappa shape index (κ2) is 8.52. The van der Waals surface area contributed by atoms with Gasteiger partial charge in [-0.3, -0.25) is 9.59 Å². The molecule has 1 aromatic carbocycles. The number of hydrogen-bond acceptors (Lipinski definition) is 7. The van der Waals surface area contributed by atoms with Gasteiger partial charge in [0.1, 0.15) is 11.6 Å². The molecule has 174 valence electrons. The number of hydrogen-bond donors (Lipinski definition) is 1. The maximum Gasteiger partial charge on any atom is 0.325 e. The summed E-state index contributed by atoms with van der Waals surface area (Å²) in [7, 11) is -4.15. The number of aliphatic hydroxyl groups is 1. The molecule has 0 spiro atoms. The molecule has 2 atom stereocenters. The van der Waals surface area contributed by atoms with Crippen LogP contribution in [0.3, 0.4) is 0 Å². The van der Waals surface area contributed by atoms with E-state index in [1.807, 2.05) is 6.92 Å². The number of nitrogens with zero attached hydrogens (tertiary/aromatic N) is 1. The van der Waals surface area contributed by atoms with Crippen LogP contribution in [0, 0.1) is 12.3 Å². The molecule has 0 aromatic heterocycles. The van der Waals surface area contributed by atoms with Crippen LogP contribution in [-0.2, 0) is 29.1 Å². The lowest BCUT2D eigenvalue weighted by Gasteiger charge is -2.37. The molecule has 0 radical (unpaired) electrons. The van der Waals surface area contributed by atoms with Crippen molar-refractivity contribution in [1.82, 2.24) is 4.31 Å². The largest absolute Gasteiger partial charge is 0.465 e. The number of rotatable bonds is 6. The van der Waals surface area contributed by atoms with E-state index in [-0.39, 0.29) is 17.9 Å². The van der Waals surface area contributed by atoms with Gasteiger partial charge in [0.05, 0.1) is 22.5 Å². The molecule has 0 unspecified atom stereocenters. The summed E-state index contributed by atoms with van der Waals surface area (Å²) in [4.78, 5) is 25.5. The van der Waals surface area contributed by atoms with Gasteiger partial charge in [0.2, 0.25) is 10.0 Å². The lowest BCUT2D eigenvalue weighted by atomic mass is 9.73. The molecule has 0 amide bonds. The van der Waals surface area contributed by atoms with Crippen LogP contribution in [0.15, 0.2) is 29.2 Å². The summed E-state index contributed by atoms with van der Waals surface area (Å²) in [6.07, 6.45) is -0.293. The molecule has 1 heterocycles. The Kier molecular flexibility index (Phi) is 6.95. The number of sulfonamides is 1. The molecule has 2 rings (SSSR count). The molecular formula is C22H33NO7S. The van der Waals surface area contributed by atoms with Crippen molar-refractivity contribution in [3.05, 3.63) is 29.8 Å². The first-order valence-electron chi connectivity index (χ1n) is 10.3. The topological polar surface area (TPSA) is 110 Å². The minimum atomic E-state index is -4.15. The number of β-amino-alcohol motifs (C(OH)–C–C–N with tert-alkyl or cyclic N) is 1. The summed E-state index contributed by atoms with van der Waals surface area (Å²) >= 11 is 0. The Labute approximate surface area is 184 Å². The van der Waals surface area contributed by atoms with Gasteiger partial charge in [-0.2, -0.15) is 4.31 Å². The molecule has 1 aliphatic rings. The summed E-state index contributed by atoms with van der Waals surface area (Å²) in [5.41, 5.74) is -3.27. The van der Waals surface area contributed by atoms with Crippen LogP contribution >= 0.6 is 0 Å². The summed E-state index contributed by atoms with van der Waals surface area (Å²) in [5, 5.41) is 11.4. The Morgan fingerprint density at radius 1 is 1.16 bits per heavy atom. The third kappa shape index (κ3) is 5.10. The normalized spacial score (nSPS) is 22.9. The van der Waals surface area contributed by atoms with Crippen molar-refractivity contribution < 1.29 is 32.6 Å². The molecule has 1 aliphatic heterocycles. The lowest BCUT2D eigenvalue weighted by Crippen LogP contribution is -2.52. The fourth-order valence-electron chi connectivity index (χ4n) is 3.48. The predicted octanol–water partition coefficient (Wildman–Crippen LogP) is 2.42. The van der Waals surface area contributed by atoms with Crippen molar-refractivity contribution in [2.45, 2.75) is 77.0 Å². The van der Waals surface area contributed by atoms with Gasteiger partial charge in [-0.05, 0) is 60.6 Å². The minimum Gasteiger partial charge on any atom is -0.465 e. The van der Waals surface area contributed by atoms with Gasteiger partial charge in [0.15, 0.2) is 0 Å². The van der Waals surface area contributed by atoms with Crippen LogP contribution in [0.25, 0.3) is 0 Å². The Morgan fingerprint density at radius 3 is 2.19 bits per heavy atom. The summed E-state index contributed by atoms with van der Waals surface area (Å²) in [5.74, 6) is -1.45. The molecular weight excluding hydrogens is 422 g/mol. The van der Waals surface area contributed by atoms with Gasteiger partial charge in [-0.15, -0.1) is 0 Å². The van der Waals surface area contributed by atoms with Crippen molar-refractivity contribution in [2.75, 3.05) is 13.2 Å². The van der Waals surface area contributed by atoms with Gasteiger partial charge in [-0.1, -0.05) is 17.7 Å². The highest BCUT2D eigenvalue weighted by Crippen LogP contribution is 2.44. The zero-order valence-corrected chi connectivity index (χ0v) is 20.1. The van der Waals surface area contributed by atoms with E-state index in [1.54, 1.807) is 39.8 Å². The number of esters is 2. The average molecular weight is 456 g/mol. The maximum absolute atomic E-state index is 13.4.